The summed E-state index contributed by atoms with van der Waals surface area (Å²) in [5.41, 5.74) is 0.976. The number of nitrogens with zero attached hydrogens (tertiary/aromatic N) is 3. The topological polar surface area (TPSA) is 110 Å². The van der Waals surface area contributed by atoms with Crippen molar-refractivity contribution in [1.29, 1.82) is 0 Å². The Balaban J connectivity index is 0.00000364. The first-order valence-electron chi connectivity index (χ1n) is 9.08. The minimum Gasteiger partial charge on any atom is -0.377 e. The molecule has 11 heteroatoms. The molecule has 3 N–H and O–H groups in total. The van der Waals surface area contributed by atoms with E-state index in [0.717, 1.165) is 25.0 Å². The zero-order valence-corrected chi connectivity index (χ0v) is 19.1. The van der Waals surface area contributed by atoms with Gasteiger partial charge >= 0.3 is 0 Å². The Kier molecular flexibility index (Phi) is 11.2. The molecule has 0 bridgehead atoms. The van der Waals surface area contributed by atoms with Crippen LogP contribution in [0, 0.1) is 0 Å². The highest BCUT2D eigenvalue weighted by Gasteiger charge is 2.17. The Morgan fingerprint density at radius 1 is 1.41 bits per heavy atom. The molecule has 1 atom stereocenters. The van der Waals surface area contributed by atoms with Gasteiger partial charge in [0.25, 0.3) is 0 Å². The molecule has 27 heavy (non-hydrogen) atoms. The zero-order valence-electron chi connectivity index (χ0n) is 16.0. The number of hydrogen-bond acceptors (Lipinski definition) is 5. The molecular formula is C16H31IN6O3S. The summed E-state index contributed by atoms with van der Waals surface area (Å²) in [5.74, 6) is 0.565. The van der Waals surface area contributed by atoms with E-state index < -0.39 is 10.0 Å². The third kappa shape index (κ3) is 9.21. The summed E-state index contributed by atoms with van der Waals surface area (Å²) in [6, 6.07) is 1.90. The second kappa shape index (κ2) is 12.5. The highest BCUT2D eigenvalue weighted by Crippen LogP contribution is 2.11. The van der Waals surface area contributed by atoms with E-state index in [9.17, 15) is 8.42 Å². The zero-order chi connectivity index (χ0) is 18.8. The molecule has 1 fully saturated rings. The van der Waals surface area contributed by atoms with Gasteiger partial charge in [-0.2, -0.15) is 5.10 Å². The lowest BCUT2D eigenvalue weighted by atomic mass is 10.1. The van der Waals surface area contributed by atoms with Crippen molar-refractivity contribution in [2.24, 2.45) is 12.0 Å². The summed E-state index contributed by atoms with van der Waals surface area (Å²) in [4.78, 5) is 4.45. The molecule has 1 aliphatic heterocycles. The Morgan fingerprint density at radius 2 is 2.22 bits per heavy atom. The quantitative estimate of drug-likeness (QED) is 0.253. The van der Waals surface area contributed by atoms with Crippen LogP contribution in [0.1, 0.15) is 31.9 Å². The van der Waals surface area contributed by atoms with Gasteiger partial charge in [0.15, 0.2) is 5.96 Å². The molecule has 1 aromatic rings. The molecule has 1 saturated heterocycles. The van der Waals surface area contributed by atoms with Crippen molar-refractivity contribution in [3.05, 3.63) is 18.0 Å². The number of nitrogens with one attached hydrogen (secondary N) is 3. The number of rotatable bonds is 9. The molecule has 9 nitrogen and oxygen atoms in total. The third-order valence-electron chi connectivity index (χ3n) is 4.13. The summed E-state index contributed by atoms with van der Waals surface area (Å²) < 4.78 is 34.2. The van der Waals surface area contributed by atoms with Crippen LogP contribution in [0.5, 0.6) is 0 Å². The molecule has 0 amide bonds. The van der Waals surface area contributed by atoms with Crippen LogP contribution in [0.15, 0.2) is 17.3 Å². The van der Waals surface area contributed by atoms with Crippen molar-refractivity contribution in [2.75, 3.05) is 32.0 Å². The van der Waals surface area contributed by atoms with E-state index in [1.165, 1.54) is 0 Å². The summed E-state index contributed by atoms with van der Waals surface area (Å²) in [6.45, 7) is 4.46. The fourth-order valence-corrected chi connectivity index (χ4v) is 3.58. The maximum absolute atomic E-state index is 12.1. The van der Waals surface area contributed by atoms with Crippen LogP contribution in [0.2, 0.25) is 0 Å². The lowest BCUT2D eigenvalue weighted by Gasteiger charge is -2.22. The number of aromatic nitrogens is 2. The van der Waals surface area contributed by atoms with Crippen molar-refractivity contribution >= 4 is 40.0 Å². The van der Waals surface area contributed by atoms with Crippen molar-refractivity contribution in [1.82, 2.24) is 25.1 Å². The van der Waals surface area contributed by atoms with Crippen LogP contribution in [0.3, 0.4) is 0 Å². The summed E-state index contributed by atoms with van der Waals surface area (Å²) >= 11 is 0. The van der Waals surface area contributed by atoms with Crippen LogP contribution in [-0.4, -0.2) is 62.3 Å². The first kappa shape index (κ1) is 24.1. The third-order valence-corrected chi connectivity index (χ3v) is 5.48. The Hall–Kier alpha value is -0.920. The number of hydrogen-bond donors (Lipinski definition) is 3. The second-order valence-corrected chi connectivity index (χ2v) is 8.15. The minimum absolute atomic E-state index is 0. The van der Waals surface area contributed by atoms with Crippen molar-refractivity contribution in [3.63, 3.8) is 0 Å². The van der Waals surface area contributed by atoms with Gasteiger partial charge in [-0.1, -0.05) is 0 Å². The predicted molar refractivity (Wildman–Crippen MR) is 117 cm³/mol. The average Bonchev–Trinajstić information content (AvgIpc) is 3.04. The van der Waals surface area contributed by atoms with E-state index in [1.807, 2.05) is 20.0 Å². The molecule has 1 aliphatic rings. The van der Waals surface area contributed by atoms with E-state index in [1.54, 1.807) is 10.9 Å². The maximum Gasteiger partial charge on any atom is 0.213 e. The van der Waals surface area contributed by atoms with Gasteiger partial charge in [-0.3, -0.25) is 4.68 Å². The largest absolute Gasteiger partial charge is 0.377 e. The van der Waals surface area contributed by atoms with Crippen molar-refractivity contribution < 1.29 is 13.2 Å². The maximum atomic E-state index is 12.1. The molecule has 156 valence electrons. The van der Waals surface area contributed by atoms with E-state index in [-0.39, 0.29) is 42.4 Å². The van der Waals surface area contributed by atoms with Gasteiger partial charge in [0.05, 0.1) is 24.1 Å². The van der Waals surface area contributed by atoms with Crippen LogP contribution in [0.25, 0.3) is 0 Å². The first-order valence-corrected chi connectivity index (χ1v) is 10.7. The van der Waals surface area contributed by atoms with Gasteiger partial charge in [0.1, 0.15) is 0 Å². The number of aliphatic imine (C=N–C) groups is 1. The van der Waals surface area contributed by atoms with Crippen molar-refractivity contribution in [3.8, 4) is 0 Å². The monoisotopic (exact) mass is 514 g/mol. The average molecular weight is 514 g/mol. The molecule has 1 unspecified atom stereocenters. The highest BCUT2D eigenvalue weighted by atomic mass is 127. The smallest absolute Gasteiger partial charge is 0.213 e. The van der Waals surface area contributed by atoms with Crippen LogP contribution >= 0.6 is 24.0 Å². The molecule has 0 spiro atoms. The Bertz CT molecular complexity index is 673. The summed E-state index contributed by atoms with van der Waals surface area (Å²) in [7, 11) is -1.49. The second-order valence-electron chi connectivity index (χ2n) is 6.22. The minimum atomic E-state index is -3.35. The van der Waals surface area contributed by atoms with E-state index in [0.29, 0.717) is 32.2 Å². The number of ether oxygens (including phenoxy) is 1. The van der Waals surface area contributed by atoms with Crippen LogP contribution in [-0.2, 0) is 28.4 Å². The first-order chi connectivity index (χ1) is 12.5. The molecule has 0 radical (unpaired) electrons. The number of halogens is 1. The SMILES string of the molecule is CCNC(=NCc1ccnn1C)NCCS(=O)(=O)NCC1CCCCO1.I. The van der Waals surface area contributed by atoms with Gasteiger partial charge in [-0.25, -0.2) is 18.1 Å². The Morgan fingerprint density at radius 3 is 2.85 bits per heavy atom. The lowest BCUT2D eigenvalue weighted by Crippen LogP contribution is -2.42. The summed E-state index contributed by atoms with van der Waals surface area (Å²) in [5, 5.41) is 10.3. The van der Waals surface area contributed by atoms with Gasteiger partial charge < -0.3 is 15.4 Å². The van der Waals surface area contributed by atoms with Gasteiger partial charge in [-0.05, 0) is 32.3 Å². The fraction of sp³-hybridized carbons (Fsp3) is 0.750. The molecule has 1 aromatic heterocycles. The van der Waals surface area contributed by atoms with Gasteiger partial charge in [0, 0.05) is 39.5 Å². The number of sulfonamides is 1. The molecule has 2 rings (SSSR count). The van der Waals surface area contributed by atoms with Gasteiger partial charge in [0.2, 0.25) is 10.0 Å². The Labute approximate surface area is 178 Å². The number of guanidine groups is 1. The molecule has 0 saturated carbocycles. The van der Waals surface area contributed by atoms with E-state index in [2.05, 4.69) is 25.4 Å². The normalized spacial score (nSPS) is 18.0. The molecule has 2 heterocycles. The predicted octanol–water partition coefficient (Wildman–Crippen LogP) is 0.582. The van der Waals surface area contributed by atoms with Gasteiger partial charge in [-0.15, -0.1) is 24.0 Å². The molecular weight excluding hydrogens is 483 g/mol. The standard InChI is InChI=1S/C16H30N6O3S.HI/c1-3-17-16(19-12-14-7-8-20-22(14)2)18-9-11-26(23,24)21-13-15-6-4-5-10-25-15;/h7-8,15,21H,3-6,9-13H2,1-2H3,(H2,17,18,19);1H. The summed E-state index contributed by atoms with van der Waals surface area (Å²) in [6.07, 6.45) is 4.76. The highest BCUT2D eigenvalue weighted by molar-refractivity contribution is 14.0. The van der Waals surface area contributed by atoms with E-state index in [4.69, 9.17) is 4.74 Å². The fourth-order valence-electron chi connectivity index (χ4n) is 2.62. The van der Waals surface area contributed by atoms with Crippen LogP contribution < -0.4 is 15.4 Å². The lowest BCUT2D eigenvalue weighted by molar-refractivity contribution is 0.0200. The van der Waals surface area contributed by atoms with E-state index >= 15 is 0 Å². The molecule has 0 aromatic carbocycles. The molecule has 0 aliphatic carbocycles. The van der Waals surface area contributed by atoms with Crippen molar-refractivity contribution in [2.45, 2.75) is 38.8 Å². The van der Waals surface area contributed by atoms with Crippen LogP contribution in [0.4, 0.5) is 0 Å². The number of aryl methyl sites for hydroxylation is 1.